The molecule has 0 radical (unpaired) electrons. The van der Waals surface area contributed by atoms with Crippen molar-refractivity contribution in [3.8, 4) is 0 Å². The van der Waals surface area contributed by atoms with Crippen LogP contribution in [0.4, 0.5) is 0 Å². The highest BCUT2D eigenvalue weighted by Crippen LogP contribution is 2.33. The second-order valence-electron chi connectivity index (χ2n) is 5.93. The largest absolute Gasteiger partial charge is 0.328 e. The molecule has 2 N–H and O–H groups in total. The van der Waals surface area contributed by atoms with Gasteiger partial charge in [-0.25, -0.2) is 4.79 Å². The molecule has 1 aromatic heterocycles. The van der Waals surface area contributed by atoms with Crippen LogP contribution in [-0.2, 0) is 6.54 Å². The minimum atomic E-state index is 0.128. The molecule has 0 saturated heterocycles. The molecule has 2 aliphatic rings. The van der Waals surface area contributed by atoms with Crippen LogP contribution in [-0.4, -0.2) is 15.2 Å². The van der Waals surface area contributed by atoms with Gasteiger partial charge in [-0.05, 0) is 31.6 Å². The van der Waals surface area contributed by atoms with Crippen molar-refractivity contribution in [1.82, 2.24) is 9.13 Å². The molecular formula is C14H23N3O. The Hall–Kier alpha value is -1.03. The van der Waals surface area contributed by atoms with Crippen molar-refractivity contribution in [2.24, 2.45) is 11.7 Å². The fraction of sp³-hybridized carbons (Fsp3) is 0.786. The summed E-state index contributed by atoms with van der Waals surface area (Å²) in [6.45, 7) is 0.684. The highest BCUT2D eigenvalue weighted by molar-refractivity contribution is 4.92. The van der Waals surface area contributed by atoms with Crippen molar-refractivity contribution in [2.45, 2.75) is 63.6 Å². The summed E-state index contributed by atoms with van der Waals surface area (Å²) in [4.78, 5) is 12.1. The summed E-state index contributed by atoms with van der Waals surface area (Å²) >= 11 is 0. The lowest BCUT2D eigenvalue weighted by molar-refractivity contribution is 0.283. The molecular weight excluding hydrogens is 226 g/mol. The number of nitrogens with two attached hydrogens (primary N) is 1. The molecule has 0 amide bonds. The molecule has 3 rings (SSSR count). The topological polar surface area (TPSA) is 52.9 Å². The summed E-state index contributed by atoms with van der Waals surface area (Å²) in [5, 5.41) is 0. The normalized spacial score (nSPS) is 23.2. The van der Waals surface area contributed by atoms with E-state index in [1.165, 1.54) is 32.1 Å². The van der Waals surface area contributed by atoms with Crippen molar-refractivity contribution in [3.63, 3.8) is 0 Å². The summed E-state index contributed by atoms with van der Waals surface area (Å²) in [7, 11) is 0. The third-order valence-electron chi connectivity index (χ3n) is 4.48. The van der Waals surface area contributed by atoms with Gasteiger partial charge in [-0.15, -0.1) is 0 Å². The minimum absolute atomic E-state index is 0.128. The van der Waals surface area contributed by atoms with Crippen LogP contribution in [0.1, 0.15) is 51.0 Å². The van der Waals surface area contributed by atoms with E-state index in [2.05, 4.69) is 0 Å². The molecule has 2 fully saturated rings. The monoisotopic (exact) mass is 249 g/mol. The highest BCUT2D eigenvalue weighted by Gasteiger charge is 2.26. The molecule has 100 valence electrons. The second-order valence-corrected chi connectivity index (χ2v) is 5.93. The molecule has 0 bridgehead atoms. The molecule has 2 aliphatic carbocycles. The Bertz CT molecular complexity index is 452. The standard InChI is InChI=1S/C14H23N3O/c15-13(11-4-2-1-3-5-11)10-16-8-9-17(14(16)18)12-6-7-12/h8-9,11-13H,1-7,10,15H2. The van der Waals surface area contributed by atoms with E-state index in [4.69, 9.17) is 5.73 Å². The van der Waals surface area contributed by atoms with Gasteiger partial charge in [0.05, 0.1) is 0 Å². The van der Waals surface area contributed by atoms with E-state index in [1.54, 1.807) is 4.57 Å². The van der Waals surface area contributed by atoms with Gasteiger partial charge in [-0.2, -0.15) is 0 Å². The number of nitrogens with zero attached hydrogens (tertiary/aromatic N) is 2. The lowest BCUT2D eigenvalue weighted by atomic mass is 9.84. The minimum Gasteiger partial charge on any atom is -0.326 e. The van der Waals surface area contributed by atoms with Crippen molar-refractivity contribution in [1.29, 1.82) is 0 Å². The first-order valence-corrected chi connectivity index (χ1v) is 7.28. The second kappa shape index (κ2) is 4.92. The summed E-state index contributed by atoms with van der Waals surface area (Å²) in [5.41, 5.74) is 6.41. The van der Waals surface area contributed by atoms with Crippen molar-refractivity contribution < 1.29 is 0 Å². The fourth-order valence-electron chi connectivity index (χ4n) is 3.14. The van der Waals surface area contributed by atoms with Crippen LogP contribution >= 0.6 is 0 Å². The summed E-state index contributed by atoms with van der Waals surface area (Å²) in [6, 6.07) is 0.600. The molecule has 2 saturated carbocycles. The average Bonchev–Trinajstić information content (AvgIpc) is 3.17. The smallest absolute Gasteiger partial charge is 0.326 e. The van der Waals surface area contributed by atoms with Gasteiger partial charge in [0, 0.05) is 31.0 Å². The van der Waals surface area contributed by atoms with Crippen LogP contribution in [0.15, 0.2) is 17.2 Å². The van der Waals surface area contributed by atoms with Gasteiger partial charge in [0.25, 0.3) is 0 Å². The van der Waals surface area contributed by atoms with Gasteiger partial charge in [-0.1, -0.05) is 19.3 Å². The fourth-order valence-corrected chi connectivity index (χ4v) is 3.14. The maximum atomic E-state index is 12.1. The summed E-state index contributed by atoms with van der Waals surface area (Å²) in [5.74, 6) is 0.606. The molecule has 0 aliphatic heterocycles. The molecule has 1 heterocycles. The van der Waals surface area contributed by atoms with Crippen molar-refractivity contribution in [3.05, 3.63) is 22.9 Å². The Kier molecular flexibility index (Phi) is 3.29. The number of hydrogen-bond acceptors (Lipinski definition) is 2. The molecule has 4 heteroatoms. The van der Waals surface area contributed by atoms with Crippen LogP contribution in [0.3, 0.4) is 0 Å². The number of hydrogen-bond donors (Lipinski definition) is 1. The number of rotatable bonds is 4. The third kappa shape index (κ3) is 2.39. The van der Waals surface area contributed by atoms with Gasteiger partial charge in [0.15, 0.2) is 0 Å². The van der Waals surface area contributed by atoms with E-state index in [9.17, 15) is 4.79 Å². The van der Waals surface area contributed by atoms with Crippen LogP contribution in [0.2, 0.25) is 0 Å². The zero-order chi connectivity index (χ0) is 12.5. The van der Waals surface area contributed by atoms with Gasteiger partial charge in [-0.3, -0.25) is 9.13 Å². The lowest BCUT2D eigenvalue weighted by Crippen LogP contribution is -2.38. The maximum absolute atomic E-state index is 12.1. The van der Waals surface area contributed by atoms with Crippen LogP contribution < -0.4 is 11.4 Å². The third-order valence-corrected chi connectivity index (χ3v) is 4.48. The van der Waals surface area contributed by atoms with Gasteiger partial charge in [0.2, 0.25) is 0 Å². The molecule has 1 unspecified atom stereocenters. The van der Waals surface area contributed by atoms with E-state index < -0.39 is 0 Å². The van der Waals surface area contributed by atoms with E-state index in [-0.39, 0.29) is 11.7 Å². The van der Waals surface area contributed by atoms with E-state index in [0.717, 1.165) is 12.8 Å². The lowest BCUT2D eigenvalue weighted by Gasteiger charge is -2.27. The van der Waals surface area contributed by atoms with Gasteiger partial charge >= 0.3 is 5.69 Å². The Labute approximate surface area is 108 Å². The van der Waals surface area contributed by atoms with Crippen LogP contribution in [0.25, 0.3) is 0 Å². The first kappa shape index (κ1) is 12.0. The number of aromatic nitrogens is 2. The number of imidazole rings is 1. The van der Waals surface area contributed by atoms with E-state index in [1.807, 2.05) is 17.0 Å². The summed E-state index contributed by atoms with van der Waals surface area (Å²) < 4.78 is 3.67. The average molecular weight is 249 g/mol. The first-order valence-electron chi connectivity index (χ1n) is 7.28. The highest BCUT2D eigenvalue weighted by atomic mass is 16.1. The van der Waals surface area contributed by atoms with Crippen molar-refractivity contribution >= 4 is 0 Å². The zero-order valence-corrected chi connectivity index (χ0v) is 10.9. The molecule has 1 atom stereocenters. The Balaban J connectivity index is 1.66. The predicted octanol–water partition coefficient (Wildman–Crippen LogP) is 1.89. The SMILES string of the molecule is NC(Cn1ccn(C2CC2)c1=O)C1CCCCC1. The molecule has 18 heavy (non-hydrogen) atoms. The van der Waals surface area contributed by atoms with E-state index >= 15 is 0 Å². The molecule has 1 aromatic rings. The van der Waals surface area contributed by atoms with Gasteiger partial charge in [0.1, 0.15) is 0 Å². The maximum Gasteiger partial charge on any atom is 0.328 e. The Morgan fingerprint density at radius 1 is 1.17 bits per heavy atom. The Morgan fingerprint density at radius 2 is 1.89 bits per heavy atom. The molecule has 4 nitrogen and oxygen atoms in total. The van der Waals surface area contributed by atoms with Gasteiger partial charge < -0.3 is 5.73 Å². The summed E-state index contributed by atoms with van der Waals surface area (Å²) in [6.07, 6.45) is 12.6. The first-order chi connectivity index (χ1) is 8.75. The quantitative estimate of drug-likeness (QED) is 0.886. The van der Waals surface area contributed by atoms with Crippen molar-refractivity contribution in [2.75, 3.05) is 0 Å². The van der Waals surface area contributed by atoms with Crippen LogP contribution in [0.5, 0.6) is 0 Å². The zero-order valence-electron chi connectivity index (χ0n) is 10.9. The van der Waals surface area contributed by atoms with E-state index in [0.29, 0.717) is 18.5 Å². The van der Waals surface area contributed by atoms with Crippen LogP contribution in [0, 0.1) is 5.92 Å². The Morgan fingerprint density at radius 3 is 2.56 bits per heavy atom. The predicted molar refractivity (Wildman–Crippen MR) is 71.5 cm³/mol. The molecule has 0 aromatic carbocycles. The molecule has 0 spiro atoms.